The number of rotatable bonds is 7. The first-order valence-electron chi connectivity index (χ1n) is 7.86. The third-order valence-corrected chi connectivity index (χ3v) is 4.36. The van der Waals surface area contributed by atoms with Crippen LogP contribution < -0.4 is 10.9 Å². The van der Waals surface area contributed by atoms with Crippen LogP contribution in [0.2, 0.25) is 0 Å². The number of aromatic nitrogens is 2. The summed E-state index contributed by atoms with van der Waals surface area (Å²) < 4.78 is 6.79. The van der Waals surface area contributed by atoms with Crippen LogP contribution >= 0.6 is 11.8 Å². The van der Waals surface area contributed by atoms with E-state index in [1.807, 2.05) is 32.9 Å². The molecule has 1 atom stereocenters. The fourth-order valence-electron chi connectivity index (χ4n) is 2.43. The van der Waals surface area contributed by atoms with Gasteiger partial charge in [0.1, 0.15) is 0 Å². The van der Waals surface area contributed by atoms with Crippen LogP contribution in [0.5, 0.6) is 0 Å². The highest BCUT2D eigenvalue weighted by molar-refractivity contribution is 7.99. The number of hydrogen-bond donors (Lipinski definition) is 1. The van der Waals surface area contributed by atoms with Crippen molar-refractivity contribution in [1.29, 1.82) is 0 Å². The minimum atomic E-state index is -0.171. The van der Waals surface area contributed by atoms with Gasteiger partial charge in [0.25, 0.3) is 5.56 Å². The Balaban J connectivity index is 2.40. The van der Waals surface area contributed by atoms with E-state index in [4.69, 9.17) is 4.74 Å². The van der Waals surface area contributed by atoms with E-state index in [1.165, 1.54) is 11.8 Å². The number of methoxy groups -OCH3 is 1. The molecule has 0 radical (unpaired) electrons. The molecule has 1 amide bonds. The molecule has 1 aromatic heterocycles. The molecule has 7 heteroatoms. The molecule has 130 valence electrons. The summed E-state index contributed by atoms with van der Waals surface area (Å²) in [7, 11) is 1.60. The van der Waals surface area contributed by atoms with Crippen LogP contribution in [0.1, 0.15) is 26.8 Å². The van der Waals surface area contributed by atoms with Gasteiger partial charge in [0.05, 0.1) is 29.3 Å². The molecule has 6 nitrogen and oxygen atoms in total. The van der Waals surface area contributed by atoms with Crippen LogP contribution in [0.3, 0.4) is 0 Å². The number of carbonyl (C=O) groups is 1. The van der Waals surface area contributed by atoms with Crippen molar-refractivity contribution in [3.8, 4) is 0 Å². The first kappa shape index (κ1) is 18.5. The Morgan fingerprint density at radius 2 is 2.04 bits per heavy atom. The molecule has 0 bridgehead atoms. The van der Waals surface area contributed by atoms with Crippen molar-refractivity contribution in [3.05, 3.63) is 34.6 Å². The van der Waals surface area contributed by atoms with Crippen LogP contribution in [0.25, 0.3) is 10.9 Å². The first-order chi connectivity index (χ1) is 11.4. The number of thioether (sulfide) groups is 1. The maximum atomic E-state index is 12.8. The third-order valence-electron chi connectivity index (χ3n) is 3.41. The Bertz CT molecular complexity index is 773. The maximum absolute atomic E-state index is 12.8. The zero-order chi connectivity index (χ0) is 17.7. The van der Waals surface area contributed by atoms with Gasteiger partial charge < -0.3 is 10.1 Å². The highest BCUT2D eigenvalue weighted by Crippen LogP contribution is 2.21. The van der Waals surface area contributed by atoms with E-state index in [-0.39, 0.29) is 29.3 Å². The molecule has 2 aromatic rings. The minimum Gasteiger partial charge on any atom is -0.383 e. The number of amides is 1. The molecule has 0 fully saturated rings. The van der Waals surface area contributed by atoms with Gasteiger partial charge >= 0.3 is 0 Å². The van der Waals surface area contributed by atoms with Crippen molar-refractivity contribution in [2.45, 2.75) is 38.0 Å². The fourth-order valence-corrected chi connectivity index (χ4v) is 3.33. The summed E-state index contributed by atoms with van der Waals surface area (Å²) in [5, 5.41) is 3.93. The highest BCUT2D eigenvalue weighted by atomic mass is 32.2. The molecule has 0 aliphatic rings. The van der Waals surface area contributed by atoms with E-state index in [0.29, 0.717) is 22.7 Å². The van der Waals surface area contributed by atoms with Crippen molar-refractivity contribution in [2.24, 2.45) is 0 Å². The lowest BCUT2D eigenvalue weighted by Crippen LogP contribution is -2.32. The number of nitrogens with zero attached hydrogens (tertiary/aromatic N) is 2. The molecule has 1 heterocycles. The monoisotopic (exact) mass is 349 g/mol. The number of nitrogens with one attached hydrogen (secondary N) is 1. The van der Waals surface area contributed by atoms with Crippen LogP contribution in [-0.4, -0.2) is 41.0 Å². The van der Waals surface area contributed by atoms with Crippen molar-refractivity contribution in [2.75, 3.05) is 19.5 Å². The standard InChI is InChI=1S/C17H23N3O3S/c1-11(2)18-15(21)10-24-17-19-14-8-6-5-7-13(14)16(22)20(17)12(3)9-23-4/h5-8,11-12H,9-10H2,1-4H3,(H,18,21)/t12-/m0/s1. The topological polar surface area (TPSA) is 73.2 Å². The second kappa shape index (κ2) is 8.30. The molecule has 1 aromatic carbocycles. The summed E-state index contributed by atoms with van der Waals surface area (Å²) in [5.74, 6) is 0.131. The Morgan fingerprint density at radius 3 is 2.71 bits per heavy atom. The van der Waals surface area contributed by atoms with E-state index in [1.54, 1.807) is 23.8 Å². The maximum Gasteiger partial charge on any atom is 0.262 e. The van der Waals surface area contributed by atoms with Gasteiger partial charge in [0.2, 0.25) is 5.91 Å². The molecule has 0 saturated carbocycles. The average Bonchev–Trinajstić information content (AvgIpc) is 2.52. The van der Waals surface area contributed by atoms with Crippen LogP contribution in [0.15, 0.2) is 34.2 Å². The second-order valence-corrected chi connectivity index (χ2v) is 6.84. The lowest BCUT2D eigenvalue weighted by Gasteiger charge is -2.19. The zero-order valence-corrected chi connectivity index (χ0v) is 15.2. The number of hydrogen-bond acceptors (Lipinski definition) is 5. The average molecular weight is 349 g/mol. The predicted molar refractivity (Wildman–Crippen MR) is 96.6 cm³/mol. The Labute approximate surface area is 145 Å². The first-order valence-corrected chi connectivity index (χ1v) is 8.85. The lowest BCUT2D eigenvalue weighted by atomic mass is 10.2. The van der Waals surface area contributed by atoms with Crippen LogP contribution in [-0.2, 0) is 9.53 Å². The lowest BCUT2D eigenvalue weighted by molar-refractivity contribution is -0.119. The molecular formula is C17H23N3O3S. The van der Waals surface area contributed by atoms with Gasteiger partial charge in [-0.1, -0.05) is 23.9 Å². The van der Waals surface area contributed by atoms with Crippen molar-refractivity contribution < 1.29 is 9.53 Å². The number of benzene rings is 1. The van der Waals surface area contributed by atoms with Crippen molar-refractivity contribution >= 4 is 28.6 Å². The molecule has 0 aliphatic carbocycles. The number of carbonyl (C=O) groups excluding carboxylic acids is 1. The molecule has 0 spiro atoms. The van der Waals surface area contributed by atoms with E-state index in [0.717, 1.165) is 0 Å². The van der Waals surface area contributed by atoms with Gasteiger partial charge in [0.15, 0.2) is 5.16 Å². The molecule has 0 aliphatic heterocycles. The van der Waals surface area contributed by atoms with Gasteiger partial charge in [-0.15, -0.1) is 0 Å². The minimum absolute atomic E-state index is 0.0802. The second-order valence-electron chi connectivity index (χ2n) is 5.90. The third kappa shape index (κ3) is 4.36. The van der Waals surface area contributed by atoms with Crippen molar-refractivity contribution in [3.63, 3.8) is 0 Å². The molecule has 24 heavy (non-hydrogen) atoms. The molecular weight excluding hydrogens is 326 g/mol. The largest absolute Gasteiger partial charge is 0.383 e. The van der Waals surface area contributed by atoms with Gasteiger partial charge in [-0.2, -0.15) is 0 Å². The number of ether oxygens (including phenoxy) is 1. The summed E-state index contributed by atoms with van der Waals surface area (Å²) in [6.45, 7) is 6.12. The Kier molecular flexibility index (Phi) is 6.39. The summed E-state index contributed by atoms with van der Waals surface area (Å²) in [6.07, 6.45) is 0. The summed E-state index contributed by atoms with van der Waals surface area (Å²) in [5.41, 5.74) is 0.520. The van der Waals surface area contributed by atoms with E-state index in [9.17, 15) is 9.59 Å². The molecule has 0 unspecified atom stereocenters. The highest BCUT2D eigenvalue weighted by Gasteiger charge is 2.17. The van der Waals surface area contributed by atoms with Crippen molar-refractivity contribution in [1.82, 2.24) is 14.9 Å². The molecule has 0 saturated heterocycles. The Hall–Kier alpha value is -1.86. The Morgan fingerprint density at radius 1 is 1.33 bits per heavy atom. The zero-order valence-electron chi connectivity index (χ0n) is 14.4. The summed E-state index contributed by atoms with van der Waals surface area (Å²) in [4.78, 5) is 29.3. The normalized spacial score (nSPS) is 12.5. The van der Waals surface area contributed by atoms with Gasteiger partial charge in [0, 0.05) is 13.2 Å². The SMILES string of the molecule is COC[C@H](C)n1c(SCC(=O)NC(C)C)nc2ccccc2c1=O. The predicted octanol–water partition coefficient (Wildman–Crippen LogP) is 2.22. The summed E-state index contributed by atoms with van der Waals surface area (Å²) in [6, 6.07) is 7.14. The summed E-state index contributed by atoms with van der Waals surface area (Å²) >= 11 is 1.26. The quantitative estimate of drug-likeness (QED) is 0.613. The van der Waals surface area contributed by atoms with E-state index in [2.05, 4.69) is 10.3 Å². The van der Waals surface area contributed by atoms with Gasteiger partial charge in [-0.25, -0.2) is 4.98 Å². The molecule has 2 rings (SSSR count). The smallest absolute Gasteiger partial charge is 0.262 e. The van der Waals surface area contributed by atoms with Gasteiger partial charge in [-0.3, -0.25) is 14.2 Å². The number of para-hydroxylation sites is 1. The van der Waals surface area contributed by atoms with Gasteiger partial charge in [-0.05, 0) is 32.9 Å². The van der Waals surface area contributed by atoms with Crippen LogP contribution in [0.4, 0.5) is 0 Å². The van der Waals surface area contributed by atoms with E-state index >= 15 is 0 Å². The van der Waals surface area contributed by atoms with Crippen LogP contribution in [0, 0.1) is 0 Å². The number of fused-ring (bicyclic) bond motifs is 1. The van der Waals surface area contributed by atoms with E-state index < -0.39 is 0 Å². The fraction of sp³-hybridized carbons (Fsp3) is 0.471. The molecule has 1 N–H and O–H groups in total.